The number of piperidine rings is 1. The molecule has 2 aromatic rings. The SMILES string of the molecule is CCNC(=NCCCOc1ccccc1C)NC1CCN(Cc2ccccn2)CC1.I. The van der Waals surface area contributed by atoms with Crippen LogP contribution in [0.1, 0.15) is 37.4 Å². The Morgan fingerprint density at radius 1 is 1.16 bits per heavy atom. The summed E-state index contributed by atoms with van der Waals surface area (Å²) < 4.78 is 5.87. The number of aryl methyl sites for hydroxylation is 1. The highest BCUT2D eigenvalue weighted by molar-refractivity contribution is 14.0. The Morgan fingerprint density at radius 2 is 1.94 bits per heavy atom. The summed E-state index contributed by atoms with van der Waals surface area (Å²) in [7, 11) is 0. The predicted octanol–water partition coefficient (Wildman–Crippen LogP) is 4.00. The number of rotatable bonds is 9. The van der Waals surface area contributed by atoms with E-state index in [4.69, 9.17) is 9.73 Å². The van der Waals surface area contributed by atoms with Crippen molar-refractivity contribution in [3.05, 3.63) is 59.9 Å². The number of aliphatic imine (C=N–C) groups is 1. The minimum atomic E-state index is 0. The smallest absolute Gasteiger partial charge is 0.191 e. The van der Waals surface area contributed by atoms with E-state index in [0.29, 0.717) is 12.6 Å². The lowest BCUT2D eigenvalue weighted by atomic mass is 10.0. The number of nitrogens with one attached hydrogen (secondary N) is 2. The number of hydrogen-bond donors (Lipinski definition) is 2. The summed E-state index contributed by atoms with van der Waals surface area (Å²) >= 11 is 0. The van der Waals surface area contributed by atoms with Crippen molar-refractivity contribution in [2.75, 3.05) is 32.8 Å². The first-order valence-electron chi connectivity index (χ1n) is 11.1. The van der Waals surface area contributed by atoms with Gasteiger partial charge in [-0.15, -0.1) is 24.0 Å². The van der Waals surface area contributed by atoms with Crippen molar-refractivity contribution in [2.45, 2.75) is 45.7 Å². The van der Waals surface area contributed by atoms with Crippen LogP contribution in [-0.2, 0) is 6.54 Å². The van der Waals surface area contributed by atoms with Crippen LogP contribution in [0.3, 0.4) is 0 Å². The van der Waals surface area contributed by atoms with Crippen molar-refractivity contribution in [1.29, 1.82) is 0 Å². The van der Waals surface area contributed by atoms with E-state index >= 15 is 0 Å². The second-order valence-electron chi connectivity index (χ2n) is 7.74. The Balaban J connectivity index is 0.00000341. The average Bonchev–Trinajstić information content (AvgIpc) is 2.77. The molecule has 0 aliphatic carbocycles. The number of nitrogens with zero attached hydrogens (tertiary/aromatic N) is 3. The summed E-state index contributed by atoms with van der Waals surface area (Å²) in [6.07, 6.45) is 5.00. The number of aromatic nitrogens is 1. The zero-order valence-electron chi connectivity index (χ0n) is 18.7. The molecule has 0 radical (unpaired) electrons. The molecular formula is C24H36IN5O. The normalized spacial score (nSPS) is 15.2. The number of hydrogen-bond acceptors (Lipinski definition) is 4. The number of halogens is 1. The third-order valence-electron chi connectivity index (χ3n) is 5.31. The van der Waals surface area contributed by atoms with Crippen molar-refractivity contribution in [1.82, 2.24) is 20.5 Å². The maximum atomic E-state index is 5.87. The molecule has 0 unspecified atom stereocenters. The van der Waals surface area contributed by atoms with Crippen molar-refractivity contribution in [2.24, 2.45) is 4.99 Å². The Bertz CT molecular complexity index is 779. The van der Waals surface area contributed by atoms with Gasteiger partial charge in [-0.1, -0.05) is 24.3 Å². The standard InChI is InChI=1S/C24H35N5O.HI/c1-3-25-24(27-15-8-18-30-23-11-5-4-9-20(23)2)28-21-12-16-29(17-13-21)19-22-10-6-7-14-26-22;/h4-7,9-11,14,21H,3,8,12-13,15-19H2,1-2H3,(H2,25,27,28);1H. The molecule has 3 rings (SSSR count). The molecule has 2 heterocycles. The van der Waals surface area contributed by atoms with Gasteiger partial charge in [-0.05, 0) is 50.5 Å². The number of benzene rings is 1. The highest BCUT2D eigenvalue weighted by Gasteiger charge is 2.20. The van der Waals surface area contributed by atoms with Crippen LogP contribution < -0.4 is 15.4 Å². The Labute approximate surface area is 203 Å². The van der Waals surface area contributed by atoms with Gasteiger partial charge in [0.1, 0.15) is 5.75 Å². The maximum Gasteiger partial charge on any atom is 0.191 e. The minimum Gasteiger partial charge on any atom is -0.493 e. The van der Waals surface area contributed by atoms with Crippen molar-refractivity contribution in [3.63, 3.8) is 0 Å². The summed E-state index contributed by atoms with van der Waals surface area (Å²) in [5, 5.41) is 6.99. The lowest BCUT2D eigenvalue weighted by Crippen LogP contribution is -2.48. The third kappa shape index (κ3) is 9.03. The van der Waals surface area contributed by atoms with E-state index < -0.39 is 0 Å². The molecule has 7 heteroatoms. The van der Waals surface area contributed by atoms with Gasteiger partial charge in [0.25, 0.3) is 0 Å². The largest absolute Gasteiger partial charge is 0.493 e. The van der Waals surface area contributed by atoms with Crippen LogP contribution in [0.25, 0.3) is 0 Å². The van der Waals surface area contributed by atoms with Gasteiger partial charge in [0.2, 0.25) is 0 Å². The van der Waals surface area contributed by atoms with Crippen LogP contribution in [0.5, 0.6) is 5.75 Å². The van der Waals surface area contributed by atoms with Crippen LogP contribution in [0.15, 0.2) is 53.7 Å². The molecule has 1 aliphatic heterocycles. The highest BCUT2D eigenvalue weighted by Crippen LogP contribution is 2.16. The van der Waals surface area contributed by atoms with Crippen molar-refractivity contribution in [3.8, 4) is 5.75 Å². The number of ether oxygens (including phenoxy) is 1. The summed E-state index contributed by atoms with van der Waals surface area (Å²) in [5.41, 5.74) is 2.32. The van der Waals surface area contributed by atoms with E-state index in [1.54, 1.807) is 0 Å². The number of likely N-dealkylation sites (tertiary alicyclic amines) is 1. The fourth-order valence-corrected chi connectivity index (χ4v) is 3.63. The van der Waals surface area contributed by atoms with E-state index in [2.05, 4.69) is 52.6 Å². The Morgan fingerprint density at radius 3 is 2.65 bits per heavy atom. The fraction of sp³-hybridized carbons (Fsp3) is 0.500. The summed E-state index contributed by atoms with van der Waals surface area (Å²) in [4.78, 5) is 11.7. The molecule has 1 aromatic heterocycles. The van der Waals surface area contributed by atoms with Gasteiger partial charge in [0.15, 0.2) is 5.96 Å². The third-order valence-corrected chi connectivity index (χ3v) is 5.31. The molecule has 170 valence electrons. The first-order chi connectivity index (χ1) is 14.7. The van der Waals surface area contributed by atoms with E-state index in [1.807, 2.05) is 30.5 Å². The lowest BCUT2D eigenvalue weighted by Gasteiger charge is -2.32. The van der Waals surface area contributed by atoms with E-state index in [-0.39, 0.29) is 24.0 Å². The second-order valence-corrected chi connectivity index (χ2v) is 7.74. The van der Waals surface area contributed by atoms with Crippen LogP contribution in [0, 0.1) is 6.92 Å². The predicted molar refractivity (Wildman–Crippen MR) is 138 cm³/mol. The molecular weight excluding hydrogens is 501 g/mol. The van der Waals surface area contributed by atoms with E-state index in [9.17, 15) is 0 Å². The first kappa shape index (κ1) is 25.4. The highest BCUT2D eigenvalue weighted by atomic mass is 127. The monoisotopic (exact) mass is 537 g/mol. The molecule has 1 aliphatic rings. The molecule has 1 aromatic carbocycles. The molecule has 0 bridgehead atoms. The van der Waals surface area contributed by atoms with Crippen LogP contribution >= 0.6 is 24.0 Å². The molecule has 6 nitrogen and oxygen atoms in total. The Hall–Kier alpha value is -1.87. The zero-order valence-corrected chi connectivity index (χ0v) is 21.0. The summed E-state index contributed by atoms with van der Waals surface area (Å²) in [6.45, 7) is 9.57. The molecule has 0 spiro atoms. The van der Waals surface area contributed by atoms with Gasteiger partial charge in [0.05, 0.1) is 12.3 Å². The summed E-state index contributed by atoms with van der Waals surface area (Å²) in [6, 6.07) is 14.7. The second kappa shape index (κ2) is 14.2. The maximum absolute atomic E-state index is 5.87. The summed E-state index contributed by atoms with van der Waals surface area (Å²) in [5.74, 6) is 1.88. The minimum absolute atomic E-state index is 0. The van der Waals surface area contributed by atoms with Gasteiger partial charge in [-0.25, -0.2) is 0 Å². The van der Waals surface area contributed by atoms with Crippen molar-refractivity contribution < 1.29 is 4.74 Å². The van der Waals surface area contributed by atoms with E-state index in [0.717, 1.165) is 69.4 Å². The van der Waals surface area contributed by atoms with E-state index in [1.165, 1.54) is 5.56 Å². The molecule has 2 N–H and O–H groups in total. The lowest BCUT2D eigenvalue weighted by molar-refractivity contribution is 0.196. The fourth-order valence-electron chi connectivity index (χ4n) is 3.63. The molecule has 0 amide bonds. The van der Waals surface area contributed by atoms with Crippen LogP contribution in [0.4, 0.5) is 0 Å². The van der Waals surface area contributed by atoms with Gasteiger partial charge < -0.3 is 15.4 Å². The van der Waals surface area contributed by atoms with Gasteiger partial charge in [-0.3, -0.25) is 14.9 Å². The molecule has 0 saturated carbocycles. The first-order valence-corrected chi connectivity index (χ1v) is 11.1. The number of para-hydroxylation sites is 1. The number of guanidine groups is 1. The van der Waals surface area contributed by atoms with Crippen molar-refractivity contribution >= 4 is 29.9 Å². The van der Waals surface area contributed by atoms with Gasteiger partial charge >= 0.3 is 0 Å². The topological polar surface area (TPSA) is 61.8 Å². The zero-order chi connectivity index (χ0) is 21.0. The van der Waals surface area contributed by atoms with Gasteiger partial charge in [0, 0.05) is 51.4 Å². The molecule has 1 fully saturated rings. The van der Waals surface area contributed by atoms with Crippen LogP contribution in [-0.4, -0.2) is 54.7 Å². The van der Waals surface area contributed by atoms with Gasteiger partial charge in [-0.2, -0.15) is 0 Å². The molecule has 31 heavy (non-hydrogen) atoms. The molecule has 1 saturated heterocycles. The van der Waals surface area contributed by atoms with Crippen LogP contribution in [0.2, 0.25) is 0 Å². The quantitative estimate of drug-likeness (QED) is 0.219. The Kier molecular flexibility index (Phi) is 11.7. The average molecular weight is 537 g/mol. The molecule has 0 atom stereocenters. The number of pyridine rings is 1.